The van der Waals surface area contributed by atoms with Gasteiger partial charge in [-0.1, -0.05) is 43.7 Å². The minimum Gasteiger partial charge on any atom is -0.206 e. The molecule has 0 saturated heterocycles. The second-order valence-corrected chi connectivity index (χ2v) is 6.31. The summed E-state index contributed by atoms with van der Waals surface area (Å²) in [5, 5.41) is 1.85. The lowest BCUT2D eigenvalue weighted by Gasteiger charge is -2.12. The molecule has 0 aliphatic carbocycles. The molecule has 0 amide bonds. The lowest BCUT2D eigenvalue weighted by Crippen LogP contribution is -2.11. The Hall–Kier alpha value is -2.43. The Labute approximate surface area is 148 Å². The molecule has 0 radical (unpaired) electrons. The summed E-state index contributed by atoms with van der Waals surface area (Å²) >= 11 is 0. The number of hydrogen-bond donors (Lipinski definition) is 0. The molecule has 0 spiro atoms. The zero-order valence-corrected chi connectivity index (χ0v) is 14.1. The Bertz CT molecular complexity index is 918. The standard InChI is InChI=1S/C21H17F5/c1-2-3-4-13-5-6-15-10-16(8-7-14(15)9-13)17-11-18(22)20(19(23)12-17)21(24,25)26/h5-12H,2-4H2,1H3. The van der Waals surface area contributed by atoms with Crippen molar-refractivity contribution < 1.29 is 22.0 Å². The zero-order chi connectivity index (χ0) is 18.9. The number of fused-ring (bicyclic) bond motifs is 1. The molecule has 26 heavy (non-hydrogen) atoms. The Balaban J connectivity index is 2.00. The van der Waals surface area contributed by atoms with Crippen molar-refractivity contribution in [3.63, 3.8) is 0 Å². The highest BCUT2D eigenvalue weighted by Crippen LogP contribution is 2.36. The molecule has 3 aromatic rings. The third-order valence-corrected chi connectivity index (χ3v) is 4.38. The molecule has 0 saturated carbocycles. The predicted octanol–water partition coefficient (Wildman–Crippen LogP) is 7.15. The minimum atomic E-state index is -5.06. The average molecular weight is 364 g/mol. The molecule has 0 aliphatic rings. The fourth-order valence-corrected chi connectivity index (χ4v) is 3.02. The fourth-order valence-electron chi connectivity index (χ4n) is 3.02. The molecule has 0 heterocycles. The molecule has 0 aromatic heterocycles. The topological polar surface area (TPSA) is 0 Å². The summed E-state index contributed by atoms with van der Waals surface area (Å²) in [5.74, 6) is -3.22. The maximum atomic E-state index is 13.8. The van der Waals surface area contributed by atoms with Crippen LogP contribution in [-0.2, 0) is 12.6 Å². The van der Waals surface area contributed by atoms with E-state index >= 15 is 0 Å². The summed E-state index contributed by atoms with van der Waals surface area (Å²) in [6.45, 7) is 2.12. The maximum Gasteiger partial charge on any atom is 0.422 e. The molecule has 0 bridgehead atoms. The van der Waals surface area contributed by atoms with Gasteiger partial charge in [-0.25, -0.2) is 8.78 Å². The molecule has 3 rings (SSSR count). The summed E-state index contributed by atoms with van der Waals surface area (Å²) in [7, 11) is 0. The molecule has 0 atom stereocenters. The summed E-state index contributed by atoms with van der Waals surface area (Å²) in [4.78, 5) is 0. The van der Waals surface area contributed by atoms with E-state index in [0.29, 0.717) is 5.56 Å². The van der Waals surface area contributed by atoms with Crippen LogP contribution in [0.4, 0.5) is 22.0 Å². The first-order valence-electron chi connectivity index (χ1n) is 8.39. The van der Waals surface area contributed by atoms with Crippen LogP contribution in [0.2, 0.25) is 0 Å². The Morgan fingerprint density at radius 1 is 0.769 bits per heavy atom. The molecule has 3 aromatic carbocycles. The molecule has 0 N–H and O–H groups in total. The van der Waals surface area contributed by atoms with E-state index in [1.807, 2.05) is 18.2 Å². The van der Waals surface area contributed by atoms with Gasteiger partial charge in [0.2, 0.25) is 0 Å². The van der Waals surface area contributed by atoms with E-state index in [1.54, 1.807) is 12.1 Å². The number of benzene rings is 3. The maximum absolute atomic E-state index is 13.8. The monoisotopic (exact) mass is 364 g/mol. The van der Waals surface area contributed by atoms with Gasteiger partial charge in [-0.2, -0.15) is 13.2 Å². The molecular weight excluding hydrogens is 347 g/mol. The van der Waals surface area contributed by atoms with Crippen LogP contribution in [0, 0.1) is 11.6 Å². The van der Waals surface area contributed by atoms with Crippen molar-refractivity contribution in [1.82, 2.24) is 0 Å². The lowest BCUT2D eigenvalue weighted by atomic mass is 9.97. The van der Waals surface area contributed by atoms with E-state index < -0.39 is 23.4 Å². The summed E-state index contributed by atoms with van der Waals surface area (Å²) in [5.41, 5.74) is -0.114. The molecule has 5 heteroatoms. The van der Waals surface area contributed by atoms with E-state index in [4.69, 9.17) is 0 Å². The first kappa shape index (κ1) is 18.4. The SMILES string of the molecule is CCCCc1ccc2cc(-c3cc(F)c(C(F)(F)F)c(F)c3)ccc2c1. The van der Waals surface area contributed by atoms with Gasteiger partial charge >= 0.3 is 6.18 Å². The van der Waals surface area contributed by atoms with Crippen molar-refractivity contribution in [3.05, 3.63) is 71.3 Å². The van der Waals surface area contributed by atoms with E-state index in [-0.39, 0.29) is 5.56 Å². The van der Waals surface area contributed by atoms with Gasteiger partial charge in [0, 0.05) is 0 Å². The Kier molecular flexibility index (Phi) is 4.99. The van der Waals surface area contributed by atoms with Gasteiger partial charge in [0.1, 0.15) is 17.2 Å². The van der Waals surface area contributed by atoms with Crippen molar-refractivity contribution in [2.24, 2.45) is 0 Å². The second kappa shape index (κ2) is 7.06. The number of rotatable bonds is 4. The summed E-state index contributed by atoms with van der Waals surface area (Å²) < 4.78 is 65.7. The predicted molar refractivity (Wildman–Crippen MR) is 92.9 cm³/mol. The highest BCUT2D eigenvalue weighted by atomic mass is 19.4. The van der Waals surface area contributed by atoms with Gasteiger partial charge in [0.05, 0.1) is 0 Å². The largest absolute Gasteiger partial charge is 0.422 e. The molecule has 0 fully saturated rings. The number of aryl methyl sites for hydroxylation is 1. The van der Waals surface area contributed by atoms with Crippen molar-refractivity contribution in [3.8, 4) is 11.1 Å². The summed E-state index contributed by atoms with van der Waals surface area (Å²) in [6.07, 6.45) is -1.90. The van der Waals surface area contributed by atoms with E-state index in [9.17, 15) is 22.0 Å². The van der Waals surface area contributed by atoms with Gasteiger partial charge in [0.15, 0.2) is 0 Å². The quantitative estimate of drug-likeness (QED) is 0.431. The summed E-state index contributed by atoms with van der Waals surface area (Å²) in [6, 6.07) is 12.6. The van der Waals surface area contributed by atoms with E-state index in [2.05, 4.69) is 13.0 Å². The Morgan fingerprint density at radius 2 is 1.38 bits per heavy atom. The van der Waals surface area contributed by atoms with Crippen LogP contribution in [0.25, 0.3) is 21.9 Å². The first-order valence-corrected chi connectivity index (χ1v) is 8.39. The number of hydrogen-bond acceptors (Lipinski definition) is 0. The van der Waals surface area contributed by atoms with Crippen molar-refractivity contribution in [2.45, 2.75) is 32.4 Å². The third kappa shape index (κ3) is 3.71. The molecule has 0 unspecified atom stereocenters. The van der Waals surface area contributed by atoms with Crippen LogP contribution < -0.4 is 0 Å². The van der Waals surface area contributed by atoms with Gasteiger partial charge < -0.3 is 0 Å². The van der Waals surface area contributed by atoms with Crippen LogP contribution in [0.1, 0.15) is 30.9 Å². The molecule has 0 nitrogen and oxygen atoms in total. The van der Waals surface area contributed by atoms with Crippen LogP contribution >= 0.6 is 0 Å². The van der Waals surface area contributed by atoms with Crippen LogP contribution in [0.3, 0.4) is 0 Å². The van der Waals surface area contributed by atoms with Gasteiger partial charge in [-0.05, 0) is 58.5 Å². The number of alkyl halides is 3. The number of unbranched alkanes of at least 4 members (excludes halogenated alkanes) is 1. The smallest absolute Gasteiger partial charge is 0.206 e. The highest BCUT2D eigenvalue weighted by molar-refractivity contribution is 5.88. The highest BCUT2D eigenvalue weighted by Gasteiger charge is 2.37. The Morgan fingerprint density at radius 3 is 2.00 bits per heavy atom. The number of halogens is 5. The van der Waals surface area contributed by atoms with E-state index in [1.165, 1.54) is 5.56 Å². The van der Waals surface area contributed by atoms with E-state index in [0.717, 1.165) is 42.2 Å². The van der Waals surface area contributed by atoms with Crippen molar-refractivity contribution >= 4 is 10.8 Å². The van der Waals surface area contributed by atoms with Crippen molar-refractivity contribution in [2.75, 3.05) is 0 Å². The average Bonchev–Trinajstić information content (AvgIpc) is 2.57. The second-order valence-electron chi connectivity index (χ2n) is 6.31. The van der Waals surface area contributed by atoms with Crippen molar-refractivity contribution in [1.29, 1.82) is 0 Å². The molecular formula is C21H17F5. The van der Waals surface area contributed by atoms with Gasteiger partial charge in [-0.3, -0.25) is 0 Å². The molecule has 136 valence electrons. The van der Waals surface area contributed by atoms with Crippen LogP contribution in [-0.4, -0.2) is 0 Å². The van der Waals surface area contributed by atoms with Gasteiger partial charge in [-0.15, -0.1) is 0 Å². The first-order chi connectivity index (χ1) is 12.3. The fraction of sp³-hybridized carbons (Fsp3) is 0.238. The van der Waals surface area contributed by atoms with Crippen LogP contribution in [0.15, 0.2) is 48.5 Å². The molecule has 0 aliphatic heterocycles. The normalized spacial score (nSPS) is 11.9. The minimum absolute atomic E-state index is 0.0740. The zero-order valence-electron chi connectivity index (χ0n) is 14.1. The lowest BCUT2D eigenvalue weighted by molar-refractivity contribution is -0.142. The van der Waals surface area contributed by atoms with Crippen LogP contribution in [0.5, 0.6) is 0 Å². The van der Waals surface area contributed by atoms with Gasteiger partial charge in [0.25, 0.3) is 0 Å². The third-order valence-electron chi connectivity index (χ3n) is 4.38.